The lowest BCUT2D eigenvalue weighted by Crippen LogP contribution is -2.45. The van der Waals surface area contributed by atoms with Crippen molar-refractivity contribution in [3.8, 4) is 5.75 Å². The fourth-order valence-corrected chi connectivity index (χ4v) is 4.17. The van der Waals surface area contributed by atoms with Crippen LogP contribution in [-0.2, 0) is 0 Å². The van der Waals surface area contributed by atoms with Crippen molar-refractivity contribution in [3.05, 3.63) is 28.2 Å². The van der Waals surface area contributed by atoms with Crippen molar-refractivity contribution < 1.29 is 14.6 Å². The topological polar surface area (TPSA) is 49.8 Å². The maximum atomic E-state index is 11.5. The second-order valence-corrected chi connectivity index (χ2v) is 8.54. The molecule has 134 valence electrons. The number of halogens is 1. The van der Waals surface area contributed by atoms with Gasteiger partial charge in [-0.05, 0) is 49.7 Å². The van der Waals surface area contributed by atoms with Gasteiger partial charge in [-0.25, -0.2) is 4.79 Å². The first kappa shape index (κ1) is 19.1. The summed E-state index contributed by atoms with van der Waals surface area (Å²) in [4.78, 5) is 13.1. The van der Waals surface area contributed by atoms with Crippen molar-refractivity contribution in [3.63, 3.8) is 0 Å². The highest BCUT2D eigenvalue weighted by molar-refractivity contribution is 9.10. The molecule has 1 amide bonds. The quantitative estimate of drug-likeness (QED) is 0.682. The Morgan fingerprint density at radius 1 is 1.42 bits per heavy atom. The van der Waals surface area contributed by atoms with Crippen LogP contribution in [0.25, 0.3) is 0 Å². The Hall–Kier alpha value is -1.23. The lowest BCUT2D eigenvalue weighted by Gasteiger charge is -2.37. The second-order valence-electron chi connectivity index (χ2n) is 7.69. The van der Waals surface area contributed by atoms with Crippen LogP contribution in [0.3, 0.4) is 0 Å². The minimum atomic E-state index is -0.793. The summed E-state index contributed by atoms with van der Waals surface area (Å²) in [6, 6.07) is 6.06. The summed E-state index contributed by atoms with van der Waals surface area (Å²) >= 11 is 3.52. The van der Waals surface area contributed by atoms with Gasteiger partial charge < -0.3 is 14.7 Å². The van der Waals surface area contributed by atoms with Crippen molar-refractivity contribution in [2.45, 2.75) is 53.0 Å². The van der Waals surface area contributed by atoms with Crippen molar-refractivity contribution in [2.75, 3.05) is 13.2 Å². The molecular weight excluding hydrogens is 370 g/mol. The molecule has 0 radical (unpaired) electrons. The van der Waals surface area contributed by atoms with E-state index < -0.39 is 6.09 Å². The van der Waals surface area contributed by atoms with Crippen LogP contribution in [0, 0.1) is 18.3 Å². The summed E-state index contributed by atoms with van der Waals surface area (Å²) in [7, 11) is 0. The molecule has 0 aliphatic carbocycles. The van der Waals surface area contributed by atoms with E-state index >= 15 is 0 Å². The minimum Gasteiger partial charge on any atom is -0.493 e. The maximum Gasteiger partial charge on any atom is 0.407 e. The third-order valence-electron chi connectivity index (χ3n) is 4.85. The largest absolute Gasteiger partial charge is 0.493 e. The molecule has 5 heteroatoms. The van der Waals surface area contributed by atoms with Gasteiger partial charge in [-0.15, -0.1) is 0 Å². The molecule has 2 rings (SSSR count). The lowest BCUT2D eigenvalue weighted by molar-refractivity contribution is 0.0880. The zero-order valence-electron chi connectivity index (χ0n) is 15.0. The van der Waals surface area contributed by atoms with Crippen LogP contribution in [0.15, 0.2) is 22.7 Å². The van der Waals surface area contributed by atoms with E-state index in [4.69, 9.17) is 4.74 Å². The molecule has 1 saturated heterocycles. The molecule has 1 unspecified atom stereocenters. The van der Waals surface area contributed by atoms with Gasteiger partial charge in [0.05, 0.1) is 6.61 Å². The SMILES string of the molecule is Cc1c(Br)cccc1OCCC[C@@H]1CCN(C(=O)O)C1C(C)(C)C. The van der Waals surface area contributed by atoms with Crippen LogP contribution in [0.1, 0.15) is 45.6 Å². The monoisotopic (exact) mass is 397 g/mol. The van der Waals surface area contributed by atoms with E-state index in [0.29, 0.717) is 19.1 Å². The Bertz CT molecular complexity index is 582. The zero-order valence-corrected chi connectivity index (χ0v) is 16.6. The third kappa shape index (κ3) is 4.44. The average Bonchev–Trinajstić information content (AvgIpc) is 2.92. The van der Waals surface area contributed by atoms with Gasteiger partial charge >= 0.3 is 6.09 Å². The Balaban J connectivity index is 1.89. The predicted molar refractivity (Wildman–Crippen MR) is 99.7 cm³/mol. The Morgan fingerprint density at radius 3 is 2.75 bits per heavy atom. The molecule has 1 aromatic carbocycles. The minimum absolute atomic E-state index is 0.0404. The number of benzene rings is 1. The second kappa shape index (κ2) is 7.77. The Morgan fingerprint density at radius 2 is 2.12 bits per heavy atom. The fraction of sp³-hybridized carbons (Fsp3) is 0.632. The van der Waals surface area contributed by atoms with Crippen molar-refractivity contribution in [1.82, 2.24) is 4.90 Å². The molecule has 1 aliphatic rings. The maximum absolute atomic E-state index is 11.5. The highest BCUT2D eigenvalue weighted by Crippen LogP contribution is 2.39. The van der Waals surface area contributed by atoms with Crippen LogP contribution in [0.2, 0.25) is 0 Å². The van der Waals surface area contributed by atoms with Crippen LogP contribution in [0.5, 0.6) is 5.75 Å². The molecule has 1 fully saturated rings. The van der Waals surface area contributed by atoms with Crippen molar-refractivity contribution >= 4 is 22.0 Å². The smallest absolute Gasteiger partial charge is 0.407 e. The molecule has 1 N–H and O–H groups in total. The third-order valence-corrected chi connectivity index (χ3v) is 5.71. The first-order chi connectivity index (χ1) is 11.2. The van der Waals surface area contributed by atoms with Gasteiger partial charge in [-0.3, -0.25) is 0 Å². The summed E-state index contributed by atoms with van der Waals surface area (Å²) in [6.45, 7) is 9.75. The molecule has 0 aromatic heterocycles. The van der Waals surface area contributed by atoms with Gasteiger partial charge in [0.1, 0.15) is 5.75 Å². The van der Waals surface area contributed by atoms with Crippen LogP contribution >= 0.6 is 15.9 Å². The molecule has 1 aromatic rings. The average molecular weight is 398 g/mol. The van der Waals surface area contributed by atoms with E-state index in [1.165, 1.54) is 0 Å². The number of nitrogens with zero attached hydrogens (tertiary/aromatic N) is 1. The molecular formula is C19H28BrNO3. The fourth-order valence-electron chi connectivity index (χ4n) is 3.82. The first-order valence-electron chi connectivity index (χ1n) is 8.59. The summed E-state index contributed by atoms with van der Waals surface area (Å²) in [5.41, 5.74) is 1.07. The van der Waals surface area contributed by atoms with E-state index in [2.05, 4.69) is 36.7 Å². The Labute approximate surface area is 153 Å². The normalized spacial score (nSPS) is 21.1. The molecule has 0 spiro atoms. The summed E-state index contributed by atoms with van der Waals surface area (Å²) < 4.78 is 6.97. The van der Waals surface area contributed by atoms with Crippen molar-refractivity contribution in [1.29, 1.82) is 0 Å². The highest BCUT2D eigenvalue weighted by Gasteiger charge is 2.43. The number of carboxylic acid groups (broad SMARTS) is 1. The zero-order chi connectivity index (χ0) is 17.9. The van der Waals surface area contributed by atoms with Gasteiger partial charge in [0.2, 0.25) is 0 Å². The summed E-state index contributed by atoms with van der Waals surface area (Å²) in [5, 5.41) is 9.44. The predicted octanol–water partition coefficient (Wildman–Crippen LogP) is 5.33. The van der Waals surface area contributed by atoms with E-state index in [0.717, 1.165) is 35.0 Å². The van der Waals surface area contributed by atoms with Gasteiger partial charge in [0.25, 0.3) is 0 Å². The molecule has 2 atom stereocenters. The van der Waals surface area contributed by atoms with E-state index in [1.807, 2.05) is 25.1 Å². The number of carbonyl (C=O) groups is 1. The number of hydrogen-bond acceptors (Lipinski definition) is 2. The lowest BCUT2D eigenvalue weighted by atomic mass is 9.78. The number of amides is 1. The standard InChI is InChI=1S/C19H28BrNO3/c1-13-15(20)8-5-9-16(13)24-12-6-7-14-10-11-21(18(22)23)17(14)19(2,3)4/h5,8-9,14,17H,6-7,10-12H2,1-4H3,(H,22,23)/t14-,17?/m1/s1. The number of ether oxygens (including phenoxy) is 1. The van der Waals surface area contributed by atoms with Crippen LogP contribution in [-0.4, -0.2) is 35.3 Å². The van der Waals surface area contributed by atoms with Gasteiger partial charge in [0.15, 0.2) is 0 Å². The van der Waals surface area contributed by atoms with Gasteiger partial charge in [-0.2, -0.15) is 0 Å². The van der Waals surface area contributed by atoms with Crippen LogP contribution in [0.4, 0.5) is 4.79 Å². The molecule has 0 saturated carbocycles. The molecule has 1 heterocycles. The molecule has 0 bridgehead atoms. The Kier molecular flexibility index (Phi) is 6.18. The van der Waals surface area contributed by atoms with Gasteiger partial charge in [-0.1, -0.05) is 42.8 Å². The number of hydrogen-bond donors (Lipinski definition) is 1. The molecule has 4 nitrogen and oxygen atoms in total. The summed E-state index contributed by atoms with van der Waals surface area (Å²) in [5.74, 6) is 1.32. The van der Waals surface area contributed by atoms with Crippen molar-refractivity contribution in [2.24, 2.45) is 11.3 Å². The highest BCUT2D eigenvalue weighted by atomic mass is 79.9. The number of rotatable bonds is 5. The first-order valence-corrected chi connectivity index (χ1v) is 9.38. The van der Waals surface area contributed by atoms with E-state index in [1.54, 1.807) is 4.90 Å². The summed E-state index contributed by atoms with van der Waals surface area (Å²) in [6.07, 6.45) is 2.10. The number of likely N-dealkylation sites (tertiary alicyclic amines) is 1. The van der Waals surface area contributed by atoms with E-state index in [-0.39, 0.29) is 11.5 Å². The van der Waals surface area contributed by atoms with Crippen LogP contribution < -0.4 is 4.74 Å². The molecule has 1 aliphatic heterocycles. The molecule has 24 heavy (non-hydrogen) atoms. The van der Waals surface area contributed by atoms with E-state index in [9.17, 15) is 9.90 Å². The van der Waals surface area contributed by atoms with Gasteiger partial charge in [0, 0.05) is 22.6 Å².